The van der Waals surface area contributed by atoms with Crippen LogP contribution in [0.15, 0.2) is 28.7 Å². The van der Waals surface area contributed by atoms with Crippen molar-refractivity contribution in [3.63, 3.8) is 0 Å². The molecule has 0 spiro atoms. The van der Waals surface area contributed by atoms with Gasteiger partial charge >= 0.3 is 0 Å². The molecule has 0 aromatic heterocycles. The summed E-state index contributed by atoms with van der Waals surface area (Å²) in [6, 6.07) is 8.09. The molecular weight excluding hydrogens is 348 g/mol. The molecule has 3 N–H and O–H groups in total. The van der Waals surface area contributed by atoms with Crippen LogP contribution in [-0.4, -0.2) is 52.7 Å². The quantitative estimate of drug-likeness (QED) is 0.490. The molecule has 0 atom stereocenters. The molecule has 0 bridgehead atoms. The molecule has 0 heterocycles. The van der Waals surface area contributed by atoms with Gasteiger partial charge in [-0.25, -0.2) is 0 Å². The molecule has 0 unspecified atom stereocenters. The molecule has 0 fully saturated rings. The first-order chi connectivity index (χ1) is 10.8. The Labute approximate surface area is 141 Å². The van der Waals surface area contributed by atoms with Gasteiger partial charge in [-0.15, -0.1) is 0 Å². The van der Waals surface area contributed by atoms with E-state index in [1.807, 2.05) is 24.3 Å². The SMILES string of the molecule is NCCCOCCOCCOCCCNc1ccccc1Br. The van der Waals surface area contributed by atoms with E-state index in [2.05, 4.69) is 21.2 Å². The number of nitrogens with two attached hydrogens (primary N) is 1. The lowest BCUT2D eigenvalue weighted by Crippen LogP contribution is -2.12. The predicted octanol–water partition coefficient (Wildman–Crippen LogP) is 2.65. The second kappa shape index (κ2) is 14.0. The normalized spacial score (nSPS) is 10.8. The van der Waals surface area contributed by atoms with Gasteiger partial charge in [-0.3, -0.25) is 0 Å². The summed E-state index contributed by atoms with van der Waals surface area (Å²) in [5.74, 6) is 0. The molecule has 1 rings (SSSR count). The van der Waals surface area contributed by atoms with Gasteiger partial charge in [-0.2, -0.15) is 0 Å². The summed E-state index contributed by atoms with van der Waals surface area (Å²) in [5.41, 5.74) is 6.48. The molecule has 0 saturated carbocycles. The Morgan fingerprint density at radius 2 is 1.45 bits per heavy atom. The van der Waals surface area contributed by atoms with Gasteiger partial charge in [-0.1, -0.05) is 12.1 Å². The molecule has 0 aliphatic rings. The summed E-state index contributed by atoms with van der Waals surface area (Å²) < 4.78 is 17.3. The molecule has 126 valence electrons. The number of halogens is 1. The number of rotatable bonds is 14. The first-order valence-corrected chi connectivity index (χ1v) is 8.55. The van der Waals surface area contributed by atoms with Crippen molar-refractivity contribution in [2.45, 2.75) is 12.8 Å². The van der Waals surface area contributed by atoms with Gasteiger partial charge in [0.15, 0.2) is 0 Å². The van der Waals surface area contributed by atoms with E-state index < -0.39 is 0 Å². The van der Waals surface area contributed by atoms with Crippen LogP contribution in [0.3, 0.4) is 0 Å². The Hall–Kier alpha value is -0.660. The van der Waals surface area contributed by atoms with E-state index in [-0.39, 0.29) is 0 Å². The highest BCUT2D eigenvalue weighted by molar-refractivity contribution is 9.10. The van der Waals surface area contributed by atoms with Crippen LogP contribution in [0.2, 0.25) is 0 Å². The lowest BCUT2D eigenvalue weighted by atomic mass is 10.3. The van der Waals surface area contributed by atoms with E-state index in [0.29, 0.717) is 39.6 Å². The topological polar surface area (TPSA) is 65.7 Å². The van der Waals surface area contributed by atoms with Crippen LogP contribution in [0.1, 0.15) is 12.8 Å². The van der Waals surface area contributed by atoms with E-state index in [0.717, 1.165) is 36.2 Å². The molecule has 6 heteroatoms. The smallest absolute Gasteiger partial charge is 0.0701 e. The van der Waals surface area contributed by atoms with Crippen LogP contribution in [0, 0.1) is 0 Å². The fourth-order valence-corrected chi connectivity index (χ4v) is 2.15. The van der Waals surface area contributed by atoms with E-state index in [4.69, 9.17) is 19.9 Å². The van der Waals surface area contributed by atoms with Gasteiger partial charge < -0.3 is 25.3 Å². The van der Waals surface area contributed by atoms with Crippen molar-refractivity contribution in [2.24, 2.45) is 5.73 Å². The number of nitrogens with one attached hydrogen (secondary N) is 1. The van der Waals surface area contributed by atoms with Crippen LogP contribution in [0.5, 0.6) is 0 Å². The molecule has 0 aliphatic carbocycles. The summed E-state index contributed by atoms with van der Waals surface area (Å²) in [6.07, 6.45) is 1.86. The minimum atomic E-state index is 0.609. The van der Waals surface area contributed by atoms with Crippen molar-refractivity contribution in [3.05, 3.63) is 28.7 Å². The van der Waals surface area contributed by atoms with Crippen LogP contribution in [-0.2, 0) is 14.2 Å². The molecule has 0 aliphatic heterocycles. The maximum Gasteiger partial charge on any atom is 0.0701 e. The van der Waals surface area contributed by atoms with Gasteiger partial charge in [0.05, 0.1) is 26.4 Å². The van der Waals surface area contributed by atoms with Crippen LogP contribution in [0.4, 0.5) is 5.69 Å². The Bertz CT molecular complexity index is 380. The molecule has 0 saturated heterocycles. The van der Waals surface area contributed by atoms with Gasteiger partial charge in [-0.05, 0) is 47.4 Å². The number of hydrogen-bond donors (Lipinski definition) is 2. The standard InChI is InChI=1S/C16H27BrN2O3/c17-15-5-1-2-6-16(15)19-8-4-10-21-12-14-22-13-11-20-9-3-7-18/h1-2,5-6,19H,3-4,7-14,18H2. The first-order valence-electron chi connectivity index (χ1n) is 7.76. The van der Waals surface area contributed by atoms with Crippen molar-refractivity contribution in [1.29, 1.82) is 0 Å². The molecule has 0 amide bonds. The van der Waals surface area contributed by atoms with E-state index in [1.54, 1.807) is 0 Å². The highest BCUT2D eigenvalue weighted by Crippen LogP contribution is 2.20. The summed E-state index contributed by atoms with van der Waals surface area (Å²) in [5, 5.41) is 3.36. The zero-order chi connectivity index (χ0) is 15.9. The largest absolute Gasteiger partial charge is 0.384 e. The minimum absolute atomic E-state index is 0.609. The van der Waals surface area contributed by atoms with Crippen molar-refractivity contribution in [2.75, 3.05) is 58.0 Å². The monoisotopic (exact) mass is 374 g/mol. The summed E-state index contributed by atoms with van der Waals surface area (Å²) in [6.45, 7) is 5.46. The lowest BCUT2D eigenvalue weighted by Gasteiger charge is -2.09. The maximum atomic E-state index is 5.51. The molecule has 22 heavy (non-hydrogen) atoms. The number of ether oxygens (including phenoxy) is 3. The summed E-state index contributed by atoms with van der Waals surface area (Å²) >= 11 is 3.51. The highest BCUT2D eigenvalue weighted by atomic mass is 79.9. The van der Waals surface area contributed by atoms with E-state index in [1.165, 1.54) is 0 Å². The Balaban J connectivity index is 1.81. The summed E-state index contributed by atoms with van der Waals surface area (Å²) in [4.78, 5) is 0. The van der Waals surface area contributed by atoms with Crippen molar-refractivity contribution < 1.29 is 14.2 Å². The first kappa shape index (κ1) is 19.4. The van der Waals surface area contributed by atoms with Gasteiger partial charge in [0.2, 0.25) is 0 Å². The third-order valence-electron chi connectivity index (χ3n) is 2.89. The number of anilines is 1. The lowest BCUT2D eigenvalue weighted by molar-refractivity contribution is 0.0144. The second-order valence-corrected chi connectivity index (χ2v) is 5.59. The molecule has 0 radical (unpaired) electrons. The number of benzene rings is 1. The predicted molar refractivity (Wildman–Crippen MR) is 93.4 cm³/mol. The average molecular weight is 375 g/mol. The third kappa shape index (κ3) is 10.1. The molecular formula is C16H27BrN2O3. The number of para-hydroxylation sites is 1. The Morgan fingerprint density at radius 1 is 0.864 bits per heavy atom. The van der Waals surface area contributed by atoms with Crippen LogP contribution >= 0.6 is 15.9 Å². The fraction of sp³-hybridized carbons (Fsp3) is 0.625. The van der Waals surface area contributed by atoms with E-state index in [9.17, 15) is 0 Å². The zero-order valence-electron chi connectivity index (χ0n) is 13.1. The van der Waals surface area contributed by atoms with Crippen molar-refractivity contribution in [1.82, 2.24) is 0 Å². The summed E-state index contributed by atoms with van der Waals surface area (Å²) in [7, 11) is 0. The highest BCUT2D eigenvalue weighted by Gasteiger charge is 1.96. The Kier molecular flexibility index (Phi) is 12.3. The van der Waals surface area contributed by atoms with Gasteiger partial charge in [0, 0.05) is 29.9 Å². The van der Waals surface area contributed by atoms with Crippen molar-refractivity contribution in [3.8, 4) is 0 Å². The fourth-order valence-electron chi connectivity index (χ4n) is 1.73. The third-order valence-corrected chi connectivity index (χ3v) is 3.58. The molecule has 1 aromatic carbocycles. The second-order valence-electron chi connectivity index (χ2n) is 4.74. The van der Waals surface area contributed by atoms with Crippen LogP contribution < -0.4 is 11.1 Å². The zero-order valence-corrected chi connectivity index (χ0v) is 14.6. The van der Waals surface area contributed by atoms with Crippen molar-refractivity contribution >= 4 is 21.6 Å². The van der Waals surface area contributed by atoms with E-state index >= 15 is 0 Å². The minimum Gasteiger partial charge on any atom is -0.384 e. The van der Waals surface area contributed by atoms with Crippen LogP contribution in [0.25, 0.3) is 0 Å². The van der Waals surface area contributed by atoms with Gasteiger partial charge in [0.25, 0.3) is 0 Å². The molecule has 5 nitrogen and oxygen atoms in total. The maximum absolute atomic E-state index is 5.51. The average Bonchev–Trinajstić information content (AvgIpc) is 2.53. The number of hydrogen-bond acceptors (Lipinski definition) is 5. The molecule has 1 aromatic rings. The van der Waals surface area contributed by atoms with Gasteiger partial charge in [0.1, 0.15) is 0 Å². The Morgan fingerprint density at radius 3 is 2.09 bits per heavy atom.